The van der Waals surface area contributed by atoms with E-state index in [1.165, 1.54) is 11.8 Å². The zero-order chi connectivity index (χ0) is 18.5. The van der Waals surface area contributed by atoms with E-state index in [0.29, 0.717) is 34.2 Å². The molecule has 0 atom stereocenters. The molecule has 6 heteroatoms. The summed E-state index contributed by atoms with van der Waals surface area (Å²) in [5, 5.41) is 10.7. The molecule has 0 aliphatic carbocycles. The molecule has 3 aromatic rings. The highest BCUT2D eigenvalue weighted by atomic mass is 32.2. The Hall–Kier alpha value is -2.91. The molecule has 0 spiro atoms. The fraction of sp³-hybridized carbons (Fsp3) is 0.200. The lowest BCUT2D eigenvalue weighted by Gasteiger charge is -2.13. The minimum atomic E-state index is -0.363. The van der Waals surface area contributed by atoms with Crippen molar-refractivity contribution >= 4 is 28.6 Å². The summed E-state index contributed by atoms with van der Waals surface area (Å²) in [6.45, 7) is 4.01. The van der Waals surface area contributed by atoms with Crippen LogP contribution in [0.5, 0.6) is 0 Å². The van der Waals surface area contributed by atoms with Crippen molar-refractivity contribution in [2.45, 2.75) is 24.6 Å². The molecular weight excluding hydrogens is 346 g/mol. The monoisotopic (exact) mass is 363 g/mol. The van der Waals surface area contributed by atoms with E-state index in [9.17, 15) is 4.79 Å². The van der Waals surface area contributed by atoms with E-state index >= 15 is 0 Å². The molecular formula is C20H17N3O2S. The van der Waals surface area contributed by atoms with Crippen molar-refractivity contribution in [1.29, 1.82) is 5.26 Å². The fourth-order valence-electron chi connectivity index (χ4n) is 2.72. The van der Waals surface area contributed by atoms with Gasteiger partial charge in [-0.15, -0.1) is 0 Å². The predicted molar refractivity (Wildman–Crippen MR) is 101 cm³/mol. The Morgan fingerprint density at radius 2 is 2.12 bits per heavy atom. The molecule has 0 N–H and O–H groups in total. The van der Waals surface area contributed by atoms with Crippen molar-refractivity contribution in [2.24, 2.45) is 0 Å². The molecule has 0 radical (unpaired) electrons. The molecule has 1 aromatic carbocycles. The number of thioether (sulfide) groups is 1. The summed E-state index contributed by atoms with van der Waals surface area (Å²) in [5.74, 6) is 0.0967. The number of nitriles is 1. The van der Waals surface area contributed by atoms with Gasteiger partial charge in [0.2, 0.25) is 0 Å². The SMILES string of the molecule is CCOC(=O)c1c(CSc2cc(C#N)ccn2)nc2ccccc2c1C. The summed E-state index contributed by atoms with van der Waals surface area (Å²) in [4.78, 5) is 21.5. The van der Waals surface area contributed by atoms with E-state index in [-0.39, 0.29) is 5.97 Å². The Kier molecular flexibility index (Phi) is 5.49. The van der Waals surface area contributed by atoms with Crippen LogP contribution in [0.4, 0.5) is 0 Å². The topological polar surface area (TPSA) is 75.9 Å². The number of aryl methyl sites for hydroxylation is 1. The quantitative estimate of drug-likeness (QED) is 0.497. The van der Waals surface area contributed by atoms with E-state index in [4.69, 9.17) is 10.00 Å². The lowest BCUT2D eigenvalue weighted by atomic mass is 10.0. The van der Waals surface area contributed by atoms with Gasteiger partial charge in [-0.2, -0.15) is 5.26 Å². The largest absolute Gasteiger partial charge is 0.462 e. The average molecular weight is 363 g/mol. The van der Waals surface area contributed by atoms with Crippen molar-refractivity contribution in [2.75, 3.05) is 6.61 Å². The second kappa shape index (κ2) is 7.98. The summed E-state index contributed by atoms with van der Waals surface area (Å²) in [6.07, 6.45) is 1.60. The molecule has 0 unspecified atom stereocenters. The van der Waals surface area contributed by atoms with Crippen LogP contribution in [0.25, 0.3) is 10.9 Å². The number of para-hydroxylation sites is 1. The van der Waals surface area contributed by atoms with Gasteiger partial charge in [-0.25, -0.2) is 9.78 Å². The Labute approximate surface area is 156 Å². The van der Waals surface area contributed by atoms with Gasteiger partial charge in [0, 0.05) is 17.3 Å². The van der Waals surface area contributed by atoms with Crippen molar-refractivity contribution in [1.82, 2.24) is 9.97 Å². The highest BCUT2D eigenvalue weighted by Gasteiger charge is 2.20. The molecule has 0 aliphatic rings. The molecule has 0 fully saturated rings. The van der Waals surface area contributed by atoms with Gasteiger partial charge in [0.25, 0.3) is 0 Å². The van der Waals surface area contributed by atoms with Crippen LogP contribution in [0, 0.1) is 18.3 Å². The first-order valence-electron chi connectivity index (χ1n) is 8.18. The van der Waals surface area contributed by atoms with Crippen LogP contribution in [0.3, 0.4) is 0 Å². The lowest BCUT2D eigenvalue weighted by molar-refractivity contribution is 0.0524. The van der Waals surface area contributed by atoms with Crippen molar-refractivity contribution in [3.63, 3.8) is 0 Å². The highest BCUT2D eigenvalue weighted by molar-refractivity contribution is 7.98. The number of carbonyl (C=O) groups is 1. The number of ether oxygens (including phenoxy) is 1. The molecule has 0 bridgehead atoms. The van der Waals surface area contributed by atoms with Gasteiger partial charge < -0.3 is 4.74 Å². The molecule has 5 nitrogen and oxygen atoms in total. The van der Waals surface area contributed by atoms with E-state index in [1.807, 2.05) is 31.2 Å². The number of fused-ring (bicyclic) bond motifs is 1. The van der Waals surface area contributed by atoms with Crippen LogP contribution in [-0.4, -0.2) is 22.5 Å². The standard InChI is InChI=1S/C20H17N3O2S/c1-3-25-20(24)19-13(2)15-6-4-5-7-16(15)23-17(19)12-26-18-10-14(11-21)8-9-22-18/h4-10H,3,12H2,1-2H3. The number of nitrogens with zero attached hydrogens (tertiary/aromatic N) is 3. The van der Waals surface area contributed by atoms with E-state index in [0.717, 1.165) is 16.5 Å². The number of aromatic nitrogens is 2. The predicted octanol–water partition coefficient (Wildman–Crippen LogP) is 4.28. The highest BCUT2D eigenvalue weighted by Crippen LogP contribution is 2.28. The van der Waals surface area contributed by atoms with E-state index < -0.39 is 0 Å². The molecule has 2 aromatic heterocycles. The fourth-order valence-corrected chi connectivity index (χ4v) is 3.56. The molecule has 0 saturated carbocycles. The summed E-state index contributed by atoms with van der Waals surface area (Å²) in [5.41, 5.74) is 3.43. The lowest BCUT2D eigenvalue weighted by Crippen LogP contribution is -2.12. The third-order valence-electron chi connectivity index (χ3n) is 3.93. The Morgan fingerprint density at radius 1 is 1.31 bits per heavy atom. The first kappa shape index (κ1) is 17.9. The maximum absolute atomic E-state index is 12.5. The summed E-state index contributed by atoms with van der Waals surface area (Å²) < 4.78 is 5.24. The Morgan fingerprint density at radius 3 is 2.88 bits per heavy atom. The number of rotatable bonds is 5. The molecule has 0 amide bonds. The van der Waals surface area contributed by atoms with E-state index in [1.54, 1.807) is 25.3 Å². The van der Waals surface area contributed by atoms with Gasteiger partial charge >= 0.3 is 5.97 Å². The van der Waals surface area contributed by atoms with Crippen LogP contribution in [-0.2, 0) is 10.5 Å². The average Bonchev–Trinajstić information content (AvgIpc) is 2.66. The maximum atomic E-state index is 12.5. The number of pyridine rings is 2. The number of benzene rings is 1. The molecule has 2 heterocycles. The van der Waals surface area contributed by atoms with Crippen molar-refractivity contribution < 1.29 is 9.53 Å². The van der Waals surface area contributed by atoms with Gasteiger partial charge in [-0.05, 0) is 37.6 Å². The van der Waals surface area contributed by atoms with Crippen LogP contribution < -0.4 is 0 Å². The van der Waals surface area contributed by atoms with Gasteiger partial charge in [0.1, 0.15) is 0 Å². The number of carbonyl (C=O) groups excluding carboxylic acids is 1. The van der Waals surface area contributed by atoms with Crippen LogP contribution in [0.15, 0.2) is 47.6 Å². The summed E-state index contributed by atoms with van der Waals surface area (Å²) >= 11 is 1.44. The van der Waals surface area contributed by atoms with Crippen molar-refractivity contribution in [3.05, 3.63) is 65.0 Å². The first-order chi connectivity index (χ1) is 12.6. The van der Waals surface area contributed by atoms with Crippen LogP contribution >= 0.6 is 11.8 Å². The zero-order valence-corrected chi connectivity index (χ0v) is 15.3. The summed E-state index contributed by atoms with van der Waals surface area (Å²) in [7, 11) is 0. The van der Waals surface area contributed by atoms with Gasteiger partial charge in [0.05, 0.1) is 40.0 Å². The van der Waals surface area contributed by atoms with Gasteiger partial charge in [0.15, 0.2) is 0 Å². The Bertz CT molecular complexity index is 1010. The van der Waals surface area contributed by atoms with Gasteiger partial charge in [-0.3, -0.25) is 4.98 Å². The number of hydrogen-bond donors (Lipinski definition) is 0. The molecule has 26 heavy (non-hydrogen) atoms. The molecule has 3 rings (SSSR count). The second-order valence-electron chi connectivity index (χ2n) is 5.58. The summed E-state index contributed by atoms with van der Waals surface area (Å²) in [6, 6.07) is 13.2. The van der Waals surface area contributed by atoms with E-state index in [2.05, 4.69) is 16.0 Å². The van der Waals surface area contributed by atoms with Gasteiger partial charge in [-0.1, -0.05) is 30.0 Å². The first-order valence-corrected chi connectivity index (χ1v) is 9.17. The number of hydrogen-bond acceptors (Lipinski definition) is 6. The van der Waals surface area contributed by atoms with Crippen LogP contribution in [0.2, 0.25) is 0 Å². The Balaban J connectivity index is 2.01. The molecule has 0 aliphatic heterocycles. The minimum Gasteiger partial charge on any atom is -0.462 e. The second-order valence-corrected chi connectivity index (χ2v) is 6.57. The third kappa shape index (κ3) is 3.68. The maximum Gasteiger partial charge on any atom is 0.340 e. The van der Waals surface area contributed by atoms with Crippen molar-refractivity contribution in [3.8, 4) is 6.07 Å². The minimum absolute atomic E-state index is 0.309. The smallest absolute Gasteiger partial charge is 0.340 e. The molecule has 130 valence electrons. The third-order valence-corrected chi connectivity index (χ3v) is 4.86. The number of esters is 1. The van der Waals surface area contributed by atoms with Crippen LogP contribution in [0.1, 0.15) is 34.1 Å². The molecule has 0 saturated heterocycles. The normalized spacial score (nSPS) is 10.5. The zero-order valence-electron chi connectivity index (χ0n) is 14.5.